The molecule has 5 heteroatoms. The topological polar surface area (TPSA) is 52.0 Å². The van der Waals surface area contributed by atoms with E-state index in [1.165, 1.54) is 0 Å². The van der Waals surface area contributed by atoms with E-state index in [1.807, 2.05) is 6.07 Å². The van der Waals surface area contributed by atoms with Gasteiger partial charge in [-0.15, -0.1) is 0 Å². The predicted octanol–water partition coefficient (Wildman–Crippen LogP) is 5.46. The molecule has 2 rings (SSSR count). The van der Waals surface area contributed by atoms with Crippen molar-refractivity contribution in [2.45, 2.75) is 34.1 Å². The van der Waals surface area contributed by atoms with Crippen molar-refractivity contribution in [3.63, 3.8) is 0 Å². The first kappa shape index (κ1) is 16.2. The summed E-state index contributed by atoms with van der Waals surface area (Å²) < 4.78 is 5.43. The molecule has 0 saturated heterocycles. The number of benzene rings is 1. The molecule has 1 heterocycles. The number of nitrogens with two attached hydrogens (primary N) is 1. The average molecular weight is 327 g/mol. The van der Waals surface area contributed by atoms with Gasteiger partial charge in [-0.2, -0.15) is 0 Å². The molecule has 0 bridgehead atoms. The van der Waals surface area contributed by atoms with E-state index in [9.17, 15) is 0 Å². The van der Waals surface area contributed by atoms with Crippen LogP contribution in [0.25, 0.3) is 11.1 Å². The van der Waals surface area contributed by atoms with Crippen LogP contribution >= 0.6 is 23.2 Å². The molecule has 1 aromatic heterocycles. The molecule has 21 heavy (non-hydrogen) atoms. The molecule has 0 saturated carbocycles. The Morgan fingerprint density at radius 1 is 1.29 bits per heavy atom. The molecule has 0 aliphatic rings. The number of anilines is 1. The predicted molar refractivity (Wildman–Crippen MR) is 88.7 cm³/mol. The molecule has 1 aromatic carbocycles. The van der Waals surface area contributed by atoms with E-state index in [4.69, 9.17) is 33.5 Å². The number of hydrogen-bond acceptors (Lipinski definition) is 3. The molecule has 0 amide bonds. The SMILES string of the molecule is CC(Cc1onc(N)c1-c1ccc(Cl)cc1Cl)C(C)(C)C. The van der Waals surface area contributed by atoms with E-state index in [0.29, 0.717) is 21.8 Å². The van der Waals surface area contributed by atoms with Gasteiger partial charge in [0, 0.05) is 17.0 Å². The summed E-state index contributed by atoms with van der Waals surface area (Å²) in [5.74, 6) is 1.53. The van der Waals surface area contributed by atoms with Crippen LogP contribution in [0.1, 0.15) is 33.5 Å². The molecule has 0 spiro atoms. The molecular formula is C16H20Cl2N2O. The first-order chi connectivity index (χ1) is 9.70. The summed E-state index contributed by atoms with van der Waals surface area (Å²) in [7, 11) is 0. The summed E-state index contributed by atoms with van der Waals surface area (Å²) in [6.45, 7) is 8.79. The smallest absolute Gasteiger partial charge is 0.175 e. The van der Waals surface area contributed by atoms with Gasteiger partial charge in [-0.25, -0.2) is 0 Å². The van der Waals surface area contributed by atoms with Crippen LogP contribution in [0.5, 0.6) is 0 Å². The van der Waals surface area contributed by atoms with E-state index >= 15 is 0 Å². The zero-order valence-electron chi connectivity index (χ0n) is 12.7. The molecule has 2 N–H and O–H groups in total. The quantitative estimate of drug-likeness (QED) is 0.815. The first-order valence-electron chi connectivity index (χ1n) is 6.89. The Labute approximate surface area is 135 Å². The van der Waals surface area contributed by atoms with Gasteiger partial charge in [-0.1, -0.05) is 62.1 Å². The zero-order chi connectivity index (χ0) is 15.8. The van der Waals surface area contributed by atoms with Gasteiger partial charge in [0.1, 0.15) is 5.76 Å². The maximum atomic E-state index is 6.28. The molecule has 0 aliphatic carbocycles. The van der Waals surface area contributed by atoms with Crippen molar-refractivity contribution in [2.24, 2.45) is 11.3 Å². The number of nitrogens with zero attached hydrogens (tertiary/aromatic N) is 1. The van der Waals surface area contributed by atoms with Gasteiger partial charge >= 0.3 is 0 Å². The molecule has 1 unspecified atom stereocenters. The third kappa shape index (κ3) is 3.53. The minimum atomic E-state index is 0.169. The van der Waals surface area contributed by atoms with Crippen molar-refractivity contribution in [2.75, 3.05) is 5.73 Å². The van der Waals surface area contributed by atoms with Crippen molar-refractivity contribution in [3.8, 4) is 11.1 Å². The van der Waals surface area contributed by atoms with E-state index in [-0.39, 0.29) is 5.41 Å². The minimum Gasteiger partial charge on any atom is -0.380 e. The number of halogens is 2. The Hall–Kier alpha value is -1.19. The van der Waals surface area contributed by atoms with Crippen molar-refractivity contribution < 1.29 is 4.52 Å². The van der Waals surface area contributed by atoms with E-state index in [0.717, 1.165) is 23.3 Å². The Bertz CT molecular complexity index is 644. The highest BCUT2D eigenvalue weighted by Crippen LogP contribution is 2.38. The molecule has 3 nitrogen and oxygen atoms in total. The van der Waals surface area contributed by atoms with Crippen LogP contribution in [0.15, 0.2) is 22.7 Å². The van der Waals surface area contributed by atoms with Gasteiger partial charge in [0.2, 0.25) is 0 Å². The fourth-order valence-electron chi connectivity index (χ4n) is 2.04. The van der Waals surface area contributed by atoms with Gasteiger partial charge < -0.3 is 10.3 Å². The Balaban J connectivity index is 2.43. The van der Waals surface area contributed by atoms with Gasteiger partial charge in [-0.05, 0) is 23.5 Å². The Morgan fingerprint density at radius 2 is 1.95 bits per heavy atom. The summed E-state index contributed by atoms with van der Waals surface area (Å²) in [4.78, 5) is 0. The van der Waals surface area contributed by atoms with Crippen molar-refractivity contribution in [1.82, 2.24) is 5.16 Å². The van der Waals surface area contributed by atoms with Crippen LogP contribution in [0.4, 0.5) is 5.82 Å². The second kappa shape index (κ2) is 5.90. The van der Waals surface area contributed by atoms with Gasteiger partial charge in [0.25, 0.3) is 0 Å². The summed E-state index contributed by atoms with van der Waals surface area (Å²) in [5, 5.41) is 5.03. The van der Waals surface area contributed by atoms with Crippen LogP contribution in [0.2, 0.25) is 10.0 Å². The van der Waals surface area contributed by atoms with Crippen molar-refractivity contribution >= 4 is 29.0 Å². The maximum Gasteiger partial charge on any atom is 0.175 e. The molecule has 2 aromatic rings. The van der Waals surface area contributed by atoms with Crippen LogP contribution in [0, 0.1) is 11.3 Å². The van der Waals surface area contributed by atoms with Crippen LogP contribution in [0.3, 0.4) is 0 Å². The standard InChI is InChI=1S/C16H20Cl2N2O/c1-9(16(2,3)4)7-13-14(15(19)20-21-13)11-6-5-10(17)8-12(11)18/h5-6,8-9H,7H2,1-4H3,(H2,19,20). The number of nitrogen functional groups attached to an aromatic ring is 1. The lowest BCUT2D eigenvalue weighted by Gasteiger charge is -2.26. The van der Waals surface area contributed by atoms with Crippen LogP contribution in [-0.4, -0.2) is 5.16 Å². The van der Waals surface area contributed by atoms with Crippen molar-refractivity contribution in [3.05, 3.63) is 34.0 Å². The van der Waals surface area contributed by atoms with Gasteiger partial charge in [0.15, 0.2) is 5.82 Å². The normalized spacial score (nSPS) is 13.4. The highest BCUT2D eigenvalue weighted by Gasteiger charge is 2.25. The Kier molecular flexibility index (Phi) is 4.54. The lowest BCUT2D eigenvalue weighted by atomic mass is 9.79. The highest BCUT2D eigenvalue weighted by molar-refractivity contribution is 6.36. The number of hydrogen-bond donors (Lipinski definition) is 1. The largest absolute Gasteiger partial charge is 0.380 e. The molecular weight excluding hydrogens is 307 g/mol. The molecule has 0 radical (unpaired) electrons. The fourth-order valence-corrected chi connectivity index (χ4v) is 2.55. The summed E-state index contributed by atoms with van der Waals surface area (Å²) in [6, 6.07) is 5.33. The van der Waals surface area contributed by atoms with Crippen LogP contribution < -0.4 is 5.73 Å². The fraction of sp³-hybridized carbons (Fsp3) is 0.438. The lowest BCUT2D eigenvalue weighted by molar-refractivity contribution is 0.240. The first-order valence-corrected chi connectivity index (χ1v) is 7.65. The third-order valence-corrected chi connectivity index (χ3v) is 4.51. The van der Waals surface area contributed by atoms with E-state index in [2.05, 4.69) is 32.9 Å². The monoisotopic (exact) mass is 326 g/mol. The second-order valence-corrected chi connectivity index (χ2v) is 7.30. The molecule has 1 atom stereocenters. The van der Waals surface area contributed by atoms with E-state index in [1.54, 1.807) is 12.1 Å². The van der Waals surface area contributed by atoms with Crippen LogP contribution in [-0.2, 0) is 6.42 Å². The minimum absolute atomic E-state index is 0.169. The van der Waals surface area contributed by atoms with Gasteiger partial charge in [-0.3, -0.25) is 0 Å². The number of rotatable bonds is 3. The summed E-state index contributed by atoms with van der Waals surface area (Å²) >= 11 is 12.2. The summed E-state index contributed by atoms with van der Waals surface area (Å²) in [5.41, 5.74) is 7.71. The molecule has 114 valence electrons. The average Bonchev–Trinajstić information content (AvgIpc) is 2.70. The maximum absolute atomic E-state index is 6.28. The highest BCUT2D eigenvalue weighted by atomic mass is 35.5. The Morgan fingerprint density at radius 3 is 2.52 bits per heavy atom. The molecule has 0 aliphatic heterocycles. The second-order valence-electron chi connectivity index (χ2n) is 6.46. The van der Waals surface area contributed by atoms with Crippen molar-refractivity contribution in [1.29, 1.82) is 0 Å². The lowest BCUT2D eigenvalue weighted by Crippen LogP contribution is -2.19. The zero-order valence-corrected chi connectivity index (χ0v) is 14.2. The third-order valence-electron chi connectivity index (χ3n) is 3.96. The summed E-state index contributed by atoms with van der Waals surface area (Å²) in [6.07, 6.45) is 0.752. The number of aromatic nitrogens is 1. The van der Waals surface area contributed by atoms with E-state index < -0.39 is 0 Å². The molecule has 0 fully saturated rings. The van der Waals surface area contributed by atoms with Gasteiger partial charge in [0.05, 0.1) is 10.6 Å².